The summed E-state index contributed by atoms with van der Waals surface area (Å²) in [7, 11) is 0. The number of nitrogen functional groups attached to an aromatic ring is 1. The van der Waals surface area contributed by atoms with Crippen LogP contribution in [0.15, 0.2) is 66.7 Å². The summed E-state index contributed by atoms with van der Waals surface area (Å²) in [5.74, 6) is -0.577. The second-order valence-electron chi connectivity index (χ2n) is 5.72. The third kappa shape index (κ3) is 3.02. The third-order valence-electron chi connectivity index (χ3n) is 4.02. The number of hydrogen-bond acceptors (Lipinski definition) is 4. The molecule has 0 aliphatic carbocycles. The molecule has 1 amide bonds. The minimum absolute atomic E-state index is 0.242. The maximum atomic E-state index is 13.2. The van der Waals surface area contributed by atoms with Crippen LogP contribution in [-0.2, 0) is 0 Å². The average molecular weight is 363 g/mol. The number of benzene rings is 3. The number of aromatic nitrogens is 1. The van der Waals surface area contributed by atoms with Crippen molar-refractivity contribution in [3.63, 3.8) is 0 Å². The van der Waals surface area contributed by atoms with Crippen LogP contribution in [0, 0.1) is 5.82 Å². The molecule has 6 heteroatoms. The zero-order valence-electron chi connectivity index (χ0n) is 13.6. The summed E-state index contributed by atoms with van der Waals surface area (Å²) in [4.78, 5) is 17.1. The zero-order chi connectivity index (χ0) is 18.1. The van der Waals surface area contributed by atoms with Crippen LogP contribution in [0.2, 0.25) is 0 Å². The lowest BCUT2D eigenvalue weighted by molar-refractivity contribution is 0.102. The Kier molecular flexibility index (Phi) is 4.10. The minimum atomic E-state index is -0.335. The number of nitrogens with zero attached hydrogens (tertiary/aromatic N) is 1. The Morgan fingerprint density at radius 1 is 1.00 bits per heavy atom. The van der Waals surface area contributed by atoms with Crippen LogP contribution >= 0.6 is 11.3 Å². The highest BCUT2D eigenvalue weighted by Crippen LogP contribution is 2.35. The van der Waals surface area contributed by atoms with Crippen molar-refractivity contribution in [1.29, 1.82) is 0 Å². The molecule has 0 aliphatic rings. The zero-order valence-corrected chi connectivity index (χ0v) is 14.4. The summed E-state index contributed by atoms with van der Waals surface area (Å²) in [5, 5.41) is 5.62. The molecule has 0 saturated heterocycles. The summed E-state index contributed by atoms with van der Waals surface area (Å²) in [6.45, 7) is 0. The number of nitrogens with one attached hydrogen (secondary N) is 1. The molecule has 3 aromatic carbocycles. The molecule has 0 radical (unpaired) electrons. The Balaban J connectivity index is 1.71. The Morgan fingerprint density at radius 3 is 2.54 bits per heavy atom. The molecule has 0 unspecified atom stereocenters. The fourth-order valence-corrected chi connectivity index (χ4v) is 3.57. The Morgan fingerprint density at radius 2 is 1.73 bits per heavy atom. The lowest BCUT2D eigenvalue weighted by Gasteiger charge is -2.08. The molecule has 26 heavy (non-hydrogen) atoms. The first-order valence-corrected chi connectivity index (χ1v) is 8.75. The second-order valence-corrected chi connectivity index (χ2v) is 6.75. The van der Waals surface area contributed by atoms with Crippen molar-refractivity contribution < 1.29 is 9.18 Å². The van der Waals surface area contributed by atoms with E-state index in [1.54, 1.807) is 18.2 Å². The quantitative estimate of drug-likeness (QED) is 0.542. The van der Waals surface area contributed by atoms with Gasteiger partial charge in [0.25, 0.3) is 5.91 Å². The van der Waals surface area contributed by atoms with Gasteiger partial charge in [-0.1, -0.05) is 47.7 Å². The van der Waals surface area contributed by atoms with E-state index in [1.165, 1.54) is 23.5 Å². The number of amides is 1. The molecule has 0 aliphatic heterocycles. The molecule has 0 saturated carbocycles. The van der Waals surface area contributed by atoms with Gasteiger partial charge in [0, 0.05) is 11.1 Å². The number of carbonyl (C=O) groups is 1. The molecule has 4 rings (SSSR count). The van der Waals surface area contributed by atoms with Gasteiger partial charge in [0.2, 0.25) is 0 Å². The molecule has 0 atom stereocenters. The van der Waals surface area contributed by atoms with E-state index in [0.29, 0.717) is 27.0 Å². The van der Waals surface area contributed by atoms with Crippen LogP contribution in [-0.4, -0.2) is 10.9 Å². The predicted molar refractivity (Wildman–Crippen MR) is 104 cm³/mol. The van der Waals surface area contributed by atoms with E-state index in [2.05, 4.69) is 10.3 Å². The number of thiazole rings is 1. The van der Waals surface area contributed by atoms with Crippen LogP contribution in [0.4, 0.5) is 14.5 Å². The molecular formula is C20H14FN3OS. The normalized spacial score (nSPS) is 10.8. The summed E-state index contributed by atoms with van der Waals surface area (Å²) < 4.78 is 13.2. The van der Waals surface area contributed by atoms with Crippen molar-refractivity contribution in [2.75, 3.05) is 11.1 Å². The Bertz CT molecular complexity index is 1100. The lowest BCUT2D eigenvalue weighted by Crippen LogP contribution is -2.12. The van der Waals surface area contributed by atoms with Crippen LogP contribution < -0.4 is 11.1 Å². The first-order valence-electron chi connectivity index (χ1n) is 7.93. The van der Waals surface area contributed by atoms with Crippen molar-refractivity contribution in [1.82, 2.24) is 4.98 Å². The standard InChI is InChI=1S/C20H14FN3OS/c21-14-10-8-13(9-11-14)17-19(26-20(22)23-17)24-18(25)16-7-3-5-12-4-1-2-6-15(12)16/h1-11H,(H2,22,23)(H,24,25). The number of halogens is 1. The number of fused-ring (bicyclic) bond motifs is 1. The van der Waals surface area contributed by atoms with Crippen LogP contribution in [0.1, 0.15) is 10.4 Å². The molecule has 0 bridgehead atoms. The molecular weight excluding hydrogens is 349 g/mol. The maximum absolute atomic E-state index is 13.2. The Labute approximate surface area is 153 Å². The molecule has 0 fully saturated rings. The van der Waals surface area contributed by atoms with Gasteiger partial charge < -0.3 is 11.1 Å². The molecule has 128 valence electrons. The van der Waals surface area contributed by atoms with Gasteiger partial charge in [-0.3, -0.25) is 4.79 Å². The number of nitrogens with two attached hydrogens (primary N) is 1. The first-order chi connectivity index (χ1) is 12.6. The number of anilines is 2. The van der Waals surface area contributed by atoms with Crippen LogP contribution in [0.5, 0.6) is 0 Å². The van der Waals surface area contributed by atoms with Crippen molar-refractivity contribution in [3.05, 3.63) is 78.1 Å². The summed E-state index contributed by atoms with van der Waals surface area (Å²) in [6.07, 6.45) is 0. The van der Waals surface area contributed by atoms with E-state index in [9.17, 15) is 9.18 Å². The number of hydrogen-bond donors (Lipinski definition) is 2. The van der Waals surface area contributed by atoms with Crippen molar-refractivity contribution in [2.45, 2.75) is 0 Å². The van der Waals surface area contributed by atoms with Crippen LogP contribution in [0.3, 0.4) is 0 Å². The van der Waals surface area contributed by atoms with E-state index in [0.717, 1.165) is 10.8 Å². The van der Waals surface area contributed by atoms with Gasteiger partial charge in [0.1, 0.15) is 16.5 Å². The van der Waals surface area contributed by atoms with Gasteiger partial charge in [-0.05, 0) is 41.1 Å². The molecule has 1 aromatic heterocycles. The summed E-state index contributed by atoms with van der Waals surface area (Å²) in [5.41, 5.74) is 7.62. The molecule has 3 N–H and O–H groups in total. The van der Waals surface area contributed by atoms with Gasteiger partial charge >= 0.3 is 0 Å². The highest BCUT2D eigenvalue weighted by atomic mass is 32.1. The molecule has 4 aromatic rings. The Hall–Kier alpha value is -3.25. The second kappa shape index (κ2) is 6.57. The topological polar surface area (TPSA) is 68.0 Å². The minimum Gasteiger partial charge on any atom is -0.375 e. The van der Waals surface area contributed by atoms with E-state index >= 15 is 0 Å². The molecule has 0 spiro atoms. The van der Waals surface area contributed by atoms with E-state index in [1.807, 2.05) is 36.4 Å². The van der Waals surface area contributed by atoms with Gasteiger partial charge in [0.15, 0.2) is 5.13 Å². The van der Waals surface area contributed by atoms with E-state index < -0.39 is 0 Å². The number of carbonyl (C=O) groups excluding carboxylic acids is 1. The predicted octanol–water partition coefficient (Wildman–Crippen LogP) is 4.94. The van der Waals surface area contributed by atoms with Gasteiger partial charge in [-0.15, -0.1) is 0 Å². The summed E-state index contributed by atoms with van der Waals surface area (Å²) >= 11 is 1.18. The summed E-state index contributed by atoms with van der Waals surface area (Å²) in [6, 6.07) is 19.2. The lowest BCUT2D eigenvalue weighted by atomic mass is 10.0. The van der Waals surface area contributed by atoms with E-state index in [4.69, 9.17) is 5.73 Å². The monoisotopic (exact) mass is 363 g/mol. The highest BCUT2D eigenvalue weighted by molar-refractivity contribution is 7.20. The molecule has 4 nitrogen and oxygen atoms in total. The fraction of sp³-hybridized carbons (Fsp3) is 0. The molecule has 1 heterocycles. The largest absolute Gasteiger partial charge is 0.375 e. The van der Waals surface area contributed by atoms with E-state index in [-0.39, 0.29) is 11.7 Å². The van der Waals surface area contributed by atoms with Crippen molar-refractivity contribution in [2.24, 2.45) is 0 Å². The maximum Gasteiger partial charge on any atom is 0.256 e. The smallest absolute Gasteiger partial charge is 0.256 e. The van der Waals surface area contributed by atoms with Crippen molar-refractivity contribution in [3.8, 4) is 11.3 Å². The number of rotatable bonds is 3. The first kappa shape index (κ1) is 16.2. The average Bonchev–Trinajstić information content (AvgIpc) is 3.02. The SMILES string of the molecule is Nc1nc(-c2ccc(F)cc2)c(NC(=O)c2cccc3ccccc23)s1. The van der Waals surface area contributed by atoms with Gasteiger partial charge in [-0.2, -0.15) is 0 Å². The fourth-order valence-electron chi connectivity index (χ4n) is 2.82. The van der Waals surface area contributed by atoms with Crippen LogP contribution in [0.25, 0.3) is 22.0 Å². The van der Waals surface area contributed by atoms with Gasteiger partial charge in [0.05, 0.1) is 0 Å². The van der Waals surface area contributed by atoms with Crippen molar-refractivity contribution >= 4 is 38.1 Å². The third-order valence-corrected chi connectivity index (χ3v) is 4.82. The van der Waals surface area contributed by atoms with Gasteiger partial charge in [-0.25, -0.2) is 9.37 Å². The highest BCUT2D eigenvalue weighted by Gasteiger charge is 2.17.